The lowest BCUT2D eigenvalue weighted by Crippen LogP contribution is -2.35. The summed E-state index contributed by atoms with van der Waals surface area (Å²) in [7, 11) is 0. The first-order chi connectivity index (χ1) is 12.6. The van der Waals surface area contributed by atoms with E-state index in [-0.39, 0.29) is 17.7 Å². The minimum Gasteiger partial charge on any atom is -0.306 e. The maximum atomic E-state index is 13.9. The average Bonchev–Trinajstić information content (AvgIpc) is 2.66. The van der Waals surface area contributed by atoms with Crippen LogP contribution in [0.1, 0.15) is 16.8 Å². The molecule has 2 aromatic heterocycles. The van der Waals surface area contributed by atoms with Crippen LogP contribution in [0, 0.1) is 11.6 Å². The molecular formula is C18H15F2N5O. The molecule has 3 aromatic rings. The number of fused-ring (bicyclic) bond motifs is 1. The Morgan fingerprint density at radius 1 is 1.19 bits per heavy atom. The van der Waals surface area contributed by atoms with Crippen molar-refractivity contribution in [3.05, 3.63) is 75.7 Å². The van der Waals surface area contributed by atoms with Crippen molar-refractivity contribution >= 4 is 0 Å². The smallest absolute Gasteiger partial charge is 0.254 e. The maximum Gasteiger partial charge on any atom is 0.254 e. The number of nitrogens with one attached hydrogen (secondary N) is 1. The van der Waals surface area contributed by atoms with Gasteiger partial charge in [-0.05, 0) is 12.5 Å². The Kier molecular flexibility index (Phi) is 4.26. The molecule has 8 heteroatoms. The highest BCUT2D eigenvalue weighted by atomic mass is 19.2. The summed E-state index contributed by atoms with van der Waals surface area (Å²) >= 11 is 0. The number of rotatable bonds is 3. The molecule has 0 amide bonds. The van der Waals surface area contributed by atoms with Crippen LogP contribution in [0.5, 0.6) is 0 Å². The van der Waals surface area contributed by atoms with E-state index in [1.54, 1.807) is 18.5 Å². The van der Waals surface area contributed by atoms with E-state index in [2.05, 4.69) is 19.9 Å². The van der Waals surface area contributed by atoms with E-state index in [0.29, 0.717) is 42.2 Å². The van der Waals surface area contributed by atoms with Gasteiger partial charge in [-0.2, -0.15) is 0 Å². The molecule has 26 heavy (non-hydrogen) atoms. The Morgan fingerprint density at radius 3 is 2.81 bits per heavy atom. The van der Waals surface area contributed by atoms with Crippen LogP contribution in [0.25, 0.3) is 11.4 Å². The summed E-state index contributed by atoms with van der Waals surface area (Å²) in [6.07, 6.45) is 5.04. The molecule has 3 heterocycles. The van der Waals surface area contributed by atoms with Crippen molar-refractivity contribution in [3.63, 3.8) is 0 Å². The second kappa shape index (κ2) is 6.72. The fraction of sp³-hybridized carbons (Fsp3) is 0.222. The molecule has 0 bridgehead atoms. The van der Waals surface area contributed by atoms with E-state index in [1.807, 2.05) is 4.90 Å². The standard InChI is InChI=1S/C18H15F2N5O/c19-14-3-1-2-11(16(14)20)8-25-5-4-13-15(9-25)23-17(24-18(13)26)12-6-21-10-22-7-12/h1-3,6-7,10H,4-5,8-9H2,(H,23,24,26). The molecule has 6 nitrogen and oxygen atoms in total. The fourth-order valence-electron chi connectivity index (χ4n) is 3.10. The van der Waals surface area contributed by atoms with Crippen molar-refractivity contribution in [2.24, 2.45) is 0 Å². The first-order valence-electron chi connectivity index (χ1n) is 8.14. The molecule has 0 aliphatic carbocycles. The predicted molar refractivity (Wildman–Crippen MR) is 90.1 cm³/mol. The van der Waals surface area contributed by atoms with Crippen LogP contribution >= 0.6 is 0 Å². The van der Waals surface area contributed by atoms with Crippen LogP contribution in [-0.4, -0.2) is 31.4 Å². The lowest BCUT2D eigenvalue weighted by atomic mass is 10.0. The Hall–Kier alpha value is -3.00. The summed E-state index contributed by atoms with van der Waals surface area (Å²) < 4.78 is 27.3. The molecule has 0 saturated carbocycles. The van der Waals surface area contributed by atoms with Gasteiger partial charge < -0.3 is 4.98 Å². The van der Waals surface area contributed by atoms with E-state index >= 15 is 0 Å². The summed E-state index contributed by atoms with van der Waals surface area (Å²) in [6.45, 7) is 1.21. The monoisotopic (exact) mass is 355 g/mol. The summed E-state index contributed by atoms with van der Waals surface area (Å²) in [5.41, 5.74) is 1.97. The Bertz CT molecular complexity index is 1010. The molecule has 0 fully saturated rings. The van der Waals surface area contributed by atoms with Crippen molar-refractivity contribution < 1.29 is 8.78 Å². The third-order valence-corrected chi connectivity index (χ3v) is 4.41. The van der Waals surface area contributed by atoms with E-state index in [0.717, 1.165) is 6.07 Å². The van der Waals surface area contributed by atoms with Crippen molar-refractivity contribution in [3.8, 4) is 11.4 Å². The Morgan fingerprint density at radius 2 is 2.00 bits per heavy atom. The van der Waals surface area contributed by atoms with Gasteiger partial charge in [-0.25, -0.2) is 23.7 Å². The number of aromatic amines is 1. The maximum absolute atomic E-state index is 13.9. The predicted octanol–water partition coefficient (Wildman–Crippen LogP) is 2.06. The van der Waals surface area contributed by atoms with Gasteiger partial charge in [-0.15, -0.1) is 0 Å². The van der Waals surface area contributed by atoms with E-state index < -0.39 is 11.6 Å². The molecule has 0 radical (unpaired) electrons. The first-order valence-corrected chi connectivity index (χ1v) is 8.14. The van der Waals surface area contributed by atoms with Crippen molar-refractivity contribution in [2.75, 3.05) is 6.54 Å². The second-order valence-electron chi connectivity index (χ2n) is 6.14. The molecule has 0 saturated heterocycles. The highest BCUT2D eigenvalue weighted by molar-refractivity contribution is 5.52. The number of H-pyrrole nitrogens is 1. The first kappa shape index (κ1) is 16.5. The number of hydrogen-bond donors (Lipinski definition) is 1. The number of halogens is 2. The van der Waals surface area contributed by atoms with Gasteiger partial charge >= 0.3 is 0 Å². The molecule has 0 spiro atoms. The molecule has 1 aliphatic rings. The third kappa shape index (κ3) is 3.11. The lowest BCUT2D eigenvalue weighted by Gasteiger charge is -2.27. The largest absolute Gasteiger partial charge is 0.306 e. The highest BCUT2D eigenvalue weighted by Crippen LogP contribution is 2.21. The van der Waals surface area contributed by atoms with Crippen LogP contribution in [-0.2, 0) is 19.5 Å². The second-order valence-corrected chi connectivity index (χ2v) is 6.14. The summed E-state index contributed by atoms with van der Waals surface area (Å²) in [5.74, 6) is -1.30. The number of aromatic nitrogens is 4. The molecule has 1 aromatic carbocycles. The summed E-state index contributed by atoms with van der Waals surface area (Å²) in [4.78, 5) is 29.5. The van der Waals surface area contributed by atoms with Crippen LogP contribution in [0.3, 0.4) is 0 Å². The van der Waals surface area contributed by atoms with Gasteiger partial charge in [-0.1, -0.05) is 12.1 Å². The third-order valence-electron chi connectivity index (χ3n) is 4.41. The number of nitrogens with zero attached hydrogens (tertiary/aromatic N) is 4. The molecule has 4 rings (SSSR count). The topological polar surface area (TPSA) is 74.8 Å². The van der Waals surface area contributed by atoms with E-state index in [4.69, 9.17) is 0 Å². The van der Waals surface area contributed by atoms with Crippen molar-refractivity contribution in [1.82, 2.24) is 24.8 Å². The molecular weight excluding hydrogens is 340 g/mol. The zero-order valence-electron chi connectivity index (χ0n) is 13.7. The average molecular weight is 355 g/mol. The lowest BCUT2D eigenvalue weighted by molar-refractivity contribution is 0.236. The van der Waals surface area contributed by atoms with Crippen LogP contribution < -0.4 is 5.56 Å². The van der Waals surface area contributed by atoms with Crippen LogP contribution in [0.2, 0.25) is 0 Å². The van der Waals surface area contributed by atoms with E-state index in [1.165, 1.54) is 12.4 Å². The van der Waals surface area contributed by atoms with Gasteiger partial charge in [0.05, 0.1) is 11.3 Å². The zero-order chi connectivity index (χ0) is 18.1. The minimum atomic E-state index is -0.860. The fourth-order valence-corrected chi connectivity index (χ4v) is 3.10. The van der Waals surface area contributed by atoms with Crippen LogP contribution in [0.4, 0.5) is 8.78 Å². The SMILES string of the molecule is O=c1[nH]c(-c2cncnc2)nc2c1CCN(Cc1cccc(F)c1F)C2. The highest BCUT2D eigenvalue weighted by Gasteiger charge is 2.22. The Labute approximate surface area is 147 Å². The molecule has 132 valence electrons. The van der Waals surface area contributed by atoms with Gasteiger partial charge in [-0.3, -0.25) is 9.69 Å². The van der Waals surface area contributed by atoms with Gasteiger partial charge in [0, 0.05) is 43.2 Å². The number of hydrogen-bond acceptors (Lipinski definition) is 5. The Balaban J connectivity index is 1.63. The van der Waals surface area contributed by atoms with Crippen molar-refractivity contribution in [1.29, 1.82) is 0 Å². The van der Waals surface area contributed by atoms with Crippen LogP contribution in [0.15, 0.2) is 41.7 Å². The molecule has 1 N–H and O–H groups in total. The quantitative estimate of drug-likeness (QED) is 0.778. The molecule has 1 aliphatic heterocycles. The summed E-state index contributed by atoms with van der Waals surface area (Å²) in [5, 5.41) is 0. The zero-order valence-corrected chi connectivity index (χ0v) is 13.7. The summed E-state index contributed by atoms with van der Waals surface area (Å²) in [6, 6.07) is 4.15. The van der Waals surface area contributed by atoms with Gasteiger partial charge in [0.1, 0.15) is 12.2 Å². The molecule has 0 unspecified atom stereocenters. The van der Waals surface area contributed by atoms with Crippen molar-refractivity contribution in [2.45, 2.75) is 19.5 Å². The van der Waals surface area contributed by atoms with Gasteiger partial charge in [0.15, 0.2) is 11.6 Å². The van der Waals surface area contributed by atoms with Gasteiger partial charge in [0.25, 0.3) is 5.56 Å². The minimum absolute atomic E-state index is 0.189. The normalized spacial score (nSPS) is 14.2. The molecule has 0 atom stereocenters. The van der Waals surface area contributed by atoms with E-state index in [9.17, 15) is 13.6 Å². The van der Waals surface area contributed by atoms with Gasteiger partial charge in [0.2, 0.25) is 0 Å². The number of benzene rings is 1.